The summed E-state index contributed by atoms with van der Waals surface area (Å²) in [5.41, 5.74) is 0.745. The topological polar surface area (TPSA) is 21.3 Å². The summed E-state index contributed by atoms with van der Waals surface area (Å²) in [6.07, 6.45) is 2.05. The molecule has 0 atom stereocenters. The predicted molar refractivity (Wildman–Crippen MR) is 72.4 cm³/mol. The minimum absolute atomic E-state index is 0.124. The van der Waals surface area contributed by atoms with E-state index in [1.165, 1.54) is 0 Å². The summed E-state index contributed by atoms with van der Waals surface area (Å²) in [7, 11) is 0. The van der Waals surface area contributed by atoms with Crippen LogP contribution in [0.4, 0.5) is 8.78 Å². The number of rotatable bonds is 7. The van der Waals surface area contributed by atoms with Gasteiger partial charge in [-0.25, -0.2) is 0 Å². The molecule has 0 fully saturated rings. The van der Waals surface area contributed by atoms with E-state index in [1.54, 1.807) is 30.0 Å². The molecule has 0 saturated carbocycles. The van der Waals surface area contributed by atoms with E-state index in [0.29, 0.717) is 6.54 Å². The molecule has 0 aliphatic rings. The second-order valence-corrected chi connectivity index (χ2v) is 6.07. The third-order valence-electron chi connectivity index (χ3n) is 2.61. The van der Waals surface area contributed by atoms with Crippen LogP contribution in [0.15, 0.2) is 24.3 Å². The first-order valence-corrected chi connectivity index (χ1v) is 6.95. The lowest BCUT2D eigenvalue weighted by Gasteiger charge is -2.22. The number of hydrogen-bond acceptors (Lipinski definition) is 3. The normalized spacial score (nSPS) is 11.9. The highest BCUT2D eigenvalue weighted by Gasteiger charge is 2.15. The maximum absolute atomic E-state index is 12.2. The standard InChI is InChI=1S/C13H19F2NOS/c1-13(2,18-3)9-16-8-10-6-4-5-7-11(10)17-12(14)15/h4-7,12,16H,8-9H2,1-3H3. The Morgan fingerprint density at radius 3 is 2.61 bits per heavy atom. The number of nitrogens with one attached hydrogen (secondary N) is 1. The fourth-order valence-corrected chi connectivity index (χ4v) is 1.68. The van der Waals surface area contributed by atoms with Gasteiger partial charge in [-0.3, -0.25) is 0 Å². The number of ether oxygens (including phenoxy) is 1. The third-order valence-corrected chi connectivity index (χ3v) is 3.86. The van der Waals surface area contributed by atoms with Crippen molar-refractivity contribution in [3.05, 3.63) is 29.8 Å². The molecule has 0 amide bonds. The van der Waals surface area contributed by atoms with Gasteiger partial charge in [-0.2, -0.15) is 20.5 Å². The van der Waals surface area contributed by atoms with E-state index >= 15 is 0 Å². The summed E-state index contributed by atoms with van der Waals surface area (Å²) in [6, 6.07) is 6.85. The molecule has 0 unspecified atom stereocenters. The van der Waals surface area contributed by atoms with E-state index in [-0.39, 0.29) is 10.5 Å². The molecule has 0 saturated heterocycles. The SMILES string of the molecule is CSC(C)(C)CNCc1ccccc1OC(F)F. The van der Waals surface area contributed by atoms with Crippen LogP contribution in [-0.4, -0.2) is 24.2 Å². The first-order chi connectivity index (χ1) is 8.44. The van der Waals surface area contributed by atoms with Crippen LogP contribution in [0.2, 0.25) is 0 Å². The Morgan fingerprint density at radius 2 is 2.00 bits per heavy atom. The van der Waals surface area contributed by atoms with Crippen molar-refractivity contribution in [1.82, 2.24) is 5.32 Å². The van der Waals surface area contributed by atoms with Crippen LogP contribution in [-0.2, 0) is 6.54 Å². The number of alkyl halides is 2. The highest BCUT2D eigenvalue weighted by molar-refractivity contribution is 7.99. The summed E-state index contributed by atoms with van der Waals surface area (Å²) in [4.78, 5) is 0. The average Bonchev–Trinajstić information content (AvgIpc) is 2.30. The highest BCUT2D eigenvalue weighted by Crippen LogP contribution is 2.22. The van der Waals surface area contributed by atoms with Crippen LogP contribution < -0.4 is 10.1 Å². The third kappa shape index (κ3) is 5.23. The number of hydrogen-bond donors (Lipinski definition) is 1. The summed E-state index contributed by atoms with van der Waals surface area (Å²) in [6.45, 7) is 2.80. The Balaban J connectivity index is 2.56. The van der Waals surface area contributed by atoms with Crippen molar-refractivity contribution in [2.45, 2.75) is 31.8 Å². The van der Waals surface area contributed by atoms with Gasteiger partial charge in [-0.05, 0) is 26.2 Å². The molecule has 0 bridgehead atoms. The molecule has 1 aromatic rings. The van der Waals surface area contributed by atoms with E-state index in [1.807, 2.05) is 6.07 Å². The molecule has 1 N–H and O–H groups in total. The van der Waals surface area contributed by atoms with Crippen LogP contribution in [0.5, 0.6) is 5.75 Å². The largest absolute Gasteiger partial charge is 0.434 e. The van der Waals surface area contributed by atoms with Gasteiger partial charge in [0.15, 0.2) is 0 Å². The van der Waals surface area contributed by atoms with E-state index in [0.717, 1.165) is 12.1 Å². The summed E-state index contributed by atoms with van der Waals surface area (Å²) < 4.78 is 29.0. The van der Waals surface area contributed by atoms with Gasteiger partial charge in [-0.15, -0.1) is 0 Å². The van der Waals surface area contributed by atoms with Gasteiger partial charge >= 0.3 is 6.61 Å². The molecule has 0 aliphatic heterocycles. The zero-order valence-electron chi connectivity index (χ0n) is 10.9. The summed E-state index contributed by atoms with van der Waals surface area (Å²) in [5, 5.41) is 3.26. The van der Waals surface area contributed by atoms with Crippen LogP contribution in [0.1, 0.15) is 19.4 Å². The van der Waals surface area contributed by atoms with Gasteiger partial charge in [0.1, 0.15) is 5.75 Å². The second-order valence-electron chi connectivity index (χ2n) is 4.55. The molecule has 0 heterocycles. The van der Waals surface area contributed by atoms with Crippen LogP contribution >= 0.6 is 11.8 Å². The smallest absolute Gasteiger partial charge is 0.387 e. The quantitative estimate of drug-likeness (QED) is 0.822. The molecule has 0 spiro atoms. The molecule has 0 radical (unpaired) electrons. The van der Waals surface area contributed by atoms with Crippen molar-refractivity contribution in [3.8, 4) is 5.75 Å². The van der Waals surface area contributed by atoms with E-state index in [2.05, 4.69) is 30.2 Å². The van der Waals surface area contributed by atoms with Crippen LogP contribution in [0, 0.1) is 0 Å². The molecule has 102 valence electrons. The lowest BCUT2D eigenvalue weighted by molar-refractivity contribution is -0.0505. The Labute approximate surface area is 111 Å². The Hall–Kier alpha value is -0.810. The maximum atomic E-state index is 12.2. The van der Waals surface area contributed by atoms with Crippen molar-refractivity contribution in [2.75, 3.05) is 12.8 Å². The molecule has 18 heavy (non-hydrogen) atoms. The lowest BCUT2D eigenvalue weighted by Crippen LogP contribution is -2.31. The van der Waals surface area contributed by atoms with E-state index < -0.39 is 6.61 Å². The summed E-state index contributed by atoms with van der Waals surface area (Å²) >= 11 is 1.76. The first-order valence-electron chi connectivity index (χ1n) is 5.73. The van der Waals surface area contributed by atoms with Gasteiger partial charge in [0.2, 0.25) is 0 Å². The van der Waals surface area contributed by atoms with Gasteiger partial charge in [-0.1, -0.05) is 18.2 Å². The Kier molecular flexibility index (Phi) is 5.88. The molecule has 1 rings (SSSR count). The Bertz CT molecular complexity index is 372. The predicted octanol–water partition coefficient (Wildman–Crippen LogP) is 3.52. The minimum Gasteiger partial charge on any atom is -0.434 e. The number of halogens is 2. The molecular formula is C13H19F2NOS. The molecule has 2 nitrogen and oxygen atoms in total. The molecule has 1 aromatic carbocycles. The van der Waals surface area contributed by atoms with Gasteiger partial charge < -0.3 is 10.1 Å². The Morgan fingerprint density at radius 1 is 1.33 bits per heavy atom. The van der Waals surface area contributed by atoms with Crippen molar-refractivity contribution in [3.63, 3.8) is 0 Å². The summed E-state index contributed by atoms with van der Waals surface area (Å²) in [5.74, 6) is 0.238. The fraction of sp³-hybridized carbons (Fsp3) is 0.538. The van der Waals surface area contributed by atoms with Crippen molar-refractivity contribution in [2.24, 2.45) is 0 Å². The molecule has 5 heteroatoms. The van der Waals surface area contributed by atoms with E-state index in [4.69, 9.17) is 0 Å². The zero-order valence-corrected chi connectivity index (χ0v) is 11.7. The van der Waals surface area contributed by atoms with Crippen molar-refractivity contribution >= 4 is 11.8 Å². The van der Waals surface area contributed by atoms with E-state index in [9.17, 15) is 8.78 Å². The number of benzene rings is 1. The lowest BCUT2D eigenvalue weighted by atomic mass is 10.1. The maximum Gasteiger partial charge on any atom is 0.387 e. The average molecular weight is 275 g/mol. The number of para-hydroxylation sites is 1. The number of thioether (sulfide) groups is 1. The minimum atomic E-state index is -2.78. The van der Waals surface area contributed by atoms with Gasteiger partial charge in [0.05, 0.1) is 0 Å². The fourth-order valence-electron chi connectivity index (χ4n) is 1.43. The second kappa shape index (κ2) is 6.95. The van der Waals surface area contributed by atoms with Crippen LogP contribution in [0.3, 0.4) is 0 Å². The molecule has 0 aliphatic carbocycles. The monoisotopic (exact) mass is 275 g/mol. The molecular weight excluding hydrogens is 256 g/mol. The van der Waals surface area contributed by atoms with Crippen LogP contribution in [0.25, 0.3) is 0 Å². The molecule has 0 aromatic heterocycles. The zero-order chi connectivity index (χ0) is 13.6. The first kappa shape index (κ1) is 15.2. The highest BCUT2D eigenvalue weighted by atomic mass is 32.2. The van der Waals surface area contributed by atoms with Crippen molar-refractivity contribution in [1.29, 1.82) is 0 Å². The van der Waals surface area contributed by atoms with Gasteiger partial charge in [0.25, 0.3) is 0 Å². The van der Waals surface area contributed by atoms with Crippen molar-refractivity contribution < 1.29 is 13.5 Å². The van der Waals surface area contributed by atoms with Gasteiger partial charge in [0, 0.05) is 23.4 Å².